The van der Waals surface area contributed by atoms with E-state index in [2.05, 4.69) is 0 Å². The van der Waals surface area contributed by atoms with Gasteiger partial charge in [-0.15, -0.1) is 0 Å². The van der Waals surface area contributed by atoms with Crippen LogP contribution in [0, 0.1) is 10.1 Å². The molecular formula is C21H21N3O7S. The van der Waals surface area contributed by atoms with E-state index < -0.39 is 28.4 Å². The topological polar surface area (TPSA) is 130 Å². The number of hydrogen-bond donors (Lipinski definition) is 1. The third-order valence-corrected chi connectivity index (χ3v) is 5.91. The van der Waals surface area contributed by atoms with Crippen LogP contribution in [0.1, 0.15) is 22.3 Å². The highest BCUT2D eigenvalue weighted by atomic mass is 32.2. The normalized spacial score (nSPS) is 16.2. The van der Waals surface area contributed by atoms with Crippen molar-refractivity contribution in [3.8, 4) is 0 Å². The fraction of sp³-hybridized carbons (Fsp3) is 0.286. The number of benzene rings is 2. The summed E-state index contributed by atoms with van der Waals surface area (Å²) < 4.78 is 5.02. The number of carbonyl (C=O) groups excluding carboxylic acids is 3. The van der Waals surface area contributed by atoms with E-state index in [4.69, 9.17) is 4.74 Å². The Hall–Kier alpha value is -3.44. The van der Waals surface area contributed by atoms with E-state index in [1.54, 1.807) is 18.2 Å². The Balaban J connectivity index is 1.58. The molecule has 2 aromatic rings. The number of rotatable bonds is 8. The van der Waals surface area contributed by atoms with Crippen molar-refractivity contribution >= 4 is 40.1 Å². The molecule has 1 fully saturated rings. The first-order chi connectivity index (χ1) is 15.2. The molecule has 0 aliphatic carbocycles. The number of aliphatic hydroxyl groups excluding tert-OH is 1. The standard InChI is InChI=1S/C21H21N3O7S/c1-22(2)16-5-3-4-14(10-16)21(28)32-18-11-17(25)23(18)19(26)20(27)31-12-13-6-8-15(9-7-13)24(29)30/h3-10,18-19,26H,11-12H2,1-2H3/t18-,19?/m1/s1. The van der Waals surface area contributed by atoms with Crippen molar-refractivity contribution < 1.29 is 29.2 Å². The molecule has 0 radical (unpaired) electrons. The van der Waals surface area contributed by atoms with Crippen molar-refractivity contribution in [2.75, 3.05) is 19.0 Å². The summed E-state index contributed by atoms with van der Waals surface area (Å²) in [6.07, 6.45) is -1.84. The van der Waals surface area contributed by atoms with Gasteiger partial charge in [-0.1, -0.05) is 23.9 Å². The van der Waals surface area contributed by atoms with Gasteiger partial charge in [0.25, 0.3) is 5.69 Å². The van der Waals surface area contributed by atoms with E-state index in [0.717, 1.165) is 22.3 Å². The zero-order chi connectivity index (χ0) is 23.4. The number of nitro benzene ring substituents is 1. The summed E-state index contributed by atoms with van der Waals surface area (Å²) in [5, 5.41) is 20.0. The first-order valence-corrected chi connectivity index (χ1v) is 10.4. The number of non-ortho nitro benzene ring substituents is 1. The molecule has 11 heteroatoms. The van der Waals surface area contributed by atoms with Crippen LogP contribution in [0.3, 0.4) is 0 Å². The summed E-state index contributed by atoms with van der Waals surface area (Å²) >= 11 is 0.852. The number of likely N-dealkylation sites (tertiary alicyclic amines) is 1. The molecule has 1 unspecified atom stereocenters. The molecule has 0 bridgehead atoms. The zero-order valence-corrected chi connectivity index (χ0v) is 18.2. The Morgan fingerprint density at radius 1 is 1.28 bits per heavy atom. The van der Waals surface area contributed by atoms with Crippen molar-refractivity contribution in [2.24, 2.45) is 0 Å². The second kappa shape index (κ2) is 9.79. The number of ether oxygens (including phenoxy) is 1. The van der Waals surface area contributed by atoms with Crippen molar-refractivity contribution in [1.29, 1.82) is 0 Å². The smallest absolute Gasteiger partial charge is 0.356 e. The lowest BCUT2D eigenvalue weighted by atomic mass is 10.2. The molecule has 10 nitrogen and oxygen atoms in total. The van der Waals surface area contributed by atoms with Gasteiger partial charge in [-0.2, -0.15) is 0 Å². The summed E-state index contributed by atoms with van der Waals surface area (Å²) in [6.45, 7) is -0.232. The minimum Gasteiger partial charge on any atom is -0.457 e. The minimum atomic E-state index is -1.85. The average molecular weight is 459 g/mol. The van der Waals surface area contributed by atoms with Crippen LogP contribution in [-0.4, -0.2) is 57.6 Å². The maximum absolute atomic E-state index is 12.6. The highest BCUT2D eigenvalue weighted by Gasteiger charge is 2.45. The summed E-state index contributed by atoms with van der Waals surface area (Å²) in [7, 11) is 3.70. The van der Waals surface area contributed by atoms with Gasteiger partial charge in [-0.25, -0.2) is 4.79 Å². The first kappa shape index (κ1) is 23.2. The molecule has 1 aliphatic rings. The minimum absolute atomic E-state index is 0.0104. The van der Waals surface area contributed by atoms with Gasteiger partial charge in [0.2, 0.25) is 17.3 Å². The molecule has 2 aromatic carbocycles. The molecule has 0 spiro atoms. The summed E-state index contributed by atoms with van der Waals surface area (Å²) in [4.78, 5) is 49.7. The van der Waals surface area contributed by atoms with Gasteiger partial charge in [-0.3, -0.25) is 24.6 Å². The second-order valence-corrected chi connectivity index (χ2v) is 8.37. The van der Waals surface area contributed by atoms with E-state index in [1.807, 2.05) is 25.1 Å². The average Bonchev–Trinajstić information content (AvgIpc) is 2.77. The second-order valence-electron chi connectivity index (χ2n) is 7.21. The molecule has 3 rings (SSSR count). The van der Waals surface area contributed by atoms with Gasteiger partial charge < -0.3 is 14.7 Å². The summed E-state index contributed by atoms with van der Waals surface area (Å²) in [6, 6.07) is 12.3. The molecular weight excluding hydrogens is 438 g/mol. The van der Waals surface area contributed by atoms with Crippen LogP contribution in [0.2, 0.25) is 0 Å². The van der Waals surface area contributed by atoms with E-state index in [9.17, 15) is 29.6 Å². The Labute approximate surface area is 187 Å². The van der Waals surface area contributed by atoms with Crippen LogP contribution in [0.25, 0.3) is 0 Å². The molecule has 2 atom stereocenters. The number of anilines is 1. The molecule has 1 aliphatic heterocycles. The number of esters is 1. The van der Waals surface area contributed by atoms with E-state index in [0.29, 0.717) is 11.1 Å². The Morgan fingerprint density at radius 2 is 1.97 bits per heavy atom. The van der Waals surface area contributed by atoms with Crippen LogP contribution >= 0.6 is 11.8 Å². The number of amides is 1. The lowest BCUT2D eigenvalue weighted by Gasteiger charge is -2.41. The van der Waals surface area contributed by atoms with Crippen LogP contribution in [0.5, 0.6) is 0 Å². The Kier molecular flexibility index (Phi) is 7.11. The molecule has 0 saturated carbocycles. The lowest BCUT2D eigenvalue weighted by molar-refractivity contribution is -0.384. The SMILES string of the molecule is CN(C)c1cccc(C(=O)S[C@@H]2CC(=O)N2C(O)C(=O)OCc2ccc([N+](=O)[O-])cc2)c1. The van der Waals surface area contributed by atoms with Gasteiger partial charge >= 0.3 is 5.97 Å². The molecule has 1 saturated heterocycles. The molecule has 32 heavy (non-hydrogen) atoms. The summed E-state index contributed by atoms with van der Waals surface area (Å²) in [5.41, 5.74) is 1.66. The number of thioether (sulfide) groups is 1. The highest BCUT2D eigenvalue weighted by Crippen LogP contribution is 2.34. The van der Waals surface area contributed by atoms with Crippen molar-refractivity contribution in [1.82, 2.24) is 4.90 Å². The van der Waals surface area contributed by atoms with Crippen molar-refractivity contribution in [3.05, 3.63) is 69.8 Å². The van der Waals surface area contributed by atoms with E-state index in [1.165, 1.54) is 24.3 Å². The van der Waals surface area contributed by atoms with Crippen molar-refractivity contribution in [3.63, 3.8) is 0 Å². The number of carbonyl (C=O) groups is 3. The lowest BCUT2D eigenvalue weighted by Crippen LogP contribution is -2.59. The monoisotopic (exact) mass is 459 g/mol. The maximum Gasteiger partial charge on any atom is 0.356 e. The number of aliphatic hydroxyl groups is 1. The maximum atomic E-state index is 12.6. The third kappa shape index (κ3) is 5.24. The summed E-state index contributed by atoms with van der Waals surface area (Å²) in [5.74, 6) is -1.53. The number of nitrogens with zero attached hydrogens (tertiary/aromatic N) is 3. The molecule has 168 valence electrons. The molecule has 0 aromatic heterocycles. The fourth-order valence-electron chi connectivity index (χ4n) is 2.95. The predicted octanol–water partition coefficient (Wildman–Crippen LogP) is 2.15. The quantitative estimate of drug-likeness (QED) is 0.273. The number of nitro groups is 1. The fourth-order valence-corrected chi connectivity index (χ4v) is 4.04. The van der Waals surface area contributed by atoms with E-state index >= 15 is 0 Å². The van der Waals surface area contributed by atoms with Crippen LogP contribution in [0.15, 0.2) is 48.5 Å². The first-order valence-electron chi connectivity index (χ1n) is 9.55. The van der Waals surface area contributed by atoms with Gasteiger partial charge in [-0.05, 0) is 29.8 Å². The van der Waals surface area contributed by atoms with Crippen molar-refractivity contribution in [2.45, 2.75) is 24.6 Å². The zero-order valence-electron chi connectivity index (χ0n) is 17.3. The number of hydrogen-bond acceptors (Lipinski definition) is 9. The van der Waals surface area contributed by atoms with Gasteiger partial charge in [0, 0.05) is 37.5 Å². The third-order valence-electron chi connectivity index (χ3n) is 4.79. The number of β-lactam (4-membered cyclic amide) rings is 1. The molecule has 1 heterocycles. The largest absolute Gasteiger partial charge is 0.457 e. The van der Waals surface area contributed by atoms with Gasteiger partial charge in [0.15, 0.2) is 0 Å². The predicted molar refractivity (Wildman–Crippen MR) is 117 cm³/mol. The van der Waals surface area contributed by atoms with Gasteiger partial charge in [0.05, 0.1) is 16.7 Å². The van der Waals surface area contributed by atoms with Crippen LogP contribution in [0.4, 0.5) is 11.4 Å². The molecule has 1 amide bonds. The Bertz CT molecular complexity index is 1040. The van der Waals surface area contributed by atoms with E-state index in [-0.39, 0.29) is 23.8 Å². The Morgan fingerprint density at radius 3 is 2.56 bits per heavy atom. The van der Waals surface area contributed by atoms with Crippen LogP contribution < -0.4 is 4.90 Å². The van der Waals surface area contributed by atoms with Crippen LogP contribution in [-0.2, 0) is 20.9 Å². The van der Waals surface area contributed by atoms with Gasteiger partial charge in [0.1, 0.15) is 6.61 Å². The highest BCUT2D eigenvalue weighted by molar-refractivity contribution is 8.14. The molecule has 1 N–H and O–H groups in total.